The van der Waals surface area contributed by atoms with Crippen LogP contribution in [0.1, 0.15) is 20.3 Å². The Hall–Kier alpha value is -1.32. The van der Waals surface area contributed by atoms with E-state index in [-0.39, 0.29) is 5.70 Å². The fourth-order valence-electron chi connectivity index (χ4n) is 0.772. The number of carbonyl (C=O) groups excluding carboxylic acids is 2. The summed E-state index contributed by atoms with van der Waals surface area (Å²) in [4.78, 5) is 21.3. The molecule has 1 aliphatic heterocycles. The van der Waals surface area contributed by atoms with Crippen molar-refractivity contribution in [2.45, 2.75) is 20.3 Å². The van der Waals surface area contributed by atoms with Crippen molar-refractivity contribution in [1.82, 2.24) is 5.32 Å². The number of cyclic esters (lactones) is 2. The molecule has 11 heavy (non-hydrogen) atoms. The van der Waals surface area contributed by atoms with Gasteiger partial charge < -0.3 is 4.74 Å². The molecule has 0 radical (unpaired) electrons. The molecule has 0 aromatic heterocycles. The number of amides is 1. The van der Waals surface area contributed by atoms with Crippen LogP contribution in [0.15, 0.2) is 11.3 Å². The Morgan fingerprint density at radius 3 is 2.55 bits per heavy atom. The number of carbonyl (C=O) groups is 2. The predicted molar refractivity (Wildman–Crippen MR) is 37.6 cm³/mol. The summed E-state index contributed by atoms with van der Waals surface area (Å²) in [5.41, 5.74) is 1.12. The van der Waals surface area contributed by atoms with Crippen LogP contribution in [0.25, 0.3) is 0 Å². The highest BCUT2D eigenvalue weighted by molar-refractivity contribution is 6.04. The quantitative estimate of drug-likeness (QED) is 0.348. The normalized spacial score (nSPS) is 21.3. The number of alkyl carbamates (subject to hydrolysis) is 1. The Bertz CT molecular complexity index is 242. The SMILES string of the molecule is CC/C(C)=C1/NC(=O)OC1=O. The summed E-state index contributed by atoms with van der Waals surface area (Å²) in [6.45, 7) is 3.68. The van der Waals surface area contributed by atoms with Crippen LogP contribution >= 0.6 is 0 Å². The van der Waals surface area contributed by atoms with E-state index >= 15 is 0 Å². The molecule has 1 fully saturated rings. The average molecular weight is 155 g/mol. The summed E-state index contributed by atoms with van der Waals surface area (Å²) in [7, 11) is 0. The van der Waals surface area contributed by atoms with Crippen LogP contribution in [0.2, 0.25) is 0 Å². The zero-order valence-corrected chi connectivity index (χ0v) is 6.43. The lowest BCUT2D eigenvalue weighted by atomic mass is 10.2. The van der Waals surface area contributed by atoms with Crippen molar-refractivity contribution in [2.75, 3.05) is 0 Å². The maximum atomic E-state index is 10.8. The van der Waals surface area contributed by atoms with Gasteiger partial charge in [0, 0.05) is 0 Å². The molecule has 1 rings (SSSR count). The van der Waals surface area contributed by atoms with Crippen LogP contribution in [-0.2, 0) is 9.53 Å². The molecule has 0 aromatic rings. The first-order valence-electron chi connectivity index (χ1n) is 3.38. The molecule has 1 saturated heterocycles. The molecule has 60 valence electrons. The number of esters is 1. The maximum absolute atomic E-state index is 10.8. The second-order valence-corrected chi connectivity index (χ2v) is 2.31. The van der Waals surface area contributed by atoms with E-state index in [4.69, 9.17) is 0 Å². The van der Waals surface area contributed by atoms with Crippen LogP contribution in [0, 0.1) is 0 Å². The van der Waals surface area contributed by atoms with E-state index in [9.17, 15) is 9.59 Å². The van der Waals surface area contributed by atoms with Gasteiger partial charge in [-0.3, -0.25) is 5.32 Å². The number of nitrogens with one attached hydrogen (secondary N) is 1. The molecule has 0 spiro atoms. The molecule has 1 amide bonds. The van der Waals surface area contributed by atoms with Crippen molar-refractivity contribution in [2.24, 2.45) is 0 Å². The van der Waals surface area contributed by atoms with Gasteiger partial charge in [-0.2, -0.15) is 0 Å². The molecule has 0 bridgehead atoms. The molecule has 0 aromatic carbocycles. The minimum Gasteiger partial charge on any atom is -0.371 e. The van der Waals surface area contributed by atoms with E-state index < -0.39 is 12.1 Å². The van der Waals surface area contributed by atoms with Crippen molar-refractivity contribution in [3.8, 4) is 0 Å². The fourth-order valence-corrected chi connectivity index (χ4v) is 0.772. The molecular weight excluding hydrogens is 146 g/mol. The molecule has 0 unspecified atom stereocenters. The third-order valence-electron chi connectivity index (χ3n) is 1.57. The van der Waals surface area contributed by atoms with Crippen molar-refractivity contribution in [1.29, 1.82) is 0 Å². The number of hydrogen-bond donors (Lipinski definition) is 1. The van der Waals surface area contributed by atoms with Gasteiger partial charge in [-0.1, -0.05) is 6.92 Å². The first-order valence-corrected chi connectivity index (χ1v) is 3.38. The van der Waals surface area contributed by atoms with Crippen LogP contribution in [0.4, 0.5) is 4.79 Å². The Labute approximate surface area is 64.2 Å². The van der Waals surface area contributed by atoms with Crippen molar-refractivity contribution in [3.05, 3.63) is 11.3 Å². The number of ether oxygens (including phenoxy) is 1. The number of allylic oxidation sites excluding steroid dienone is 1. The predicted octanol–water partition coefficient (Wildman–Crippen LogP) is 0.937. The van der Waals surface area contributed by atoms with Crippen LogP contribution < -0.4 is 5.32 Å². The lowest BCUT2D eigenvalue weighted by Gasteiger charge is -1.96. The lowest BCUT2D eigenvalue weighted by molar-refractivity contribution is -0.130. The second-order valence-electron chi connectivity index (χ2n) is 2.31. The highest BCUT2D eigenvalue weighted by Crippen LogP contribution is 2.11. The first kappa shape index (κ1) is 7.78. The van der Waals surface area contributed by atoms with Gasteiger partial charge >= 0.3 is 12.1 Å². The van der Waals surface area contributed by atoms with E-state index in [1.165, 1.54) is 0 Å². The summed E-state index contributed by atoms with van der Waals surface area (Å²) in [6, 6.07) is 0. The molecule has 1 aliphatic rings. The third-order valence-corrected chi connectivity index (χ3v) is 1.57. The Morgan fingerprint density at radius 1 is 1.55 bits per heavy atom. The smallest absolute Gasteiger partial charge is 0.371 e. The maximum Gasteiger partial charge on any atom is 0.419 e. The van der Waals surface area contributed by atoms with Crippen molar-refractivity contribution < 1.29 is 14.3 Å². The minimum atomic E-state index is -0.683. The molecule has 0 atom stereocenters. The molecule has 1 heterocycles. The van der Waals surface area contributed by atoms with Gasteiger partial charge in [0.15, 0.2) is 0 Å². The summed E-state index contributed by atoms with van der Waals surface area (Å²) in [5.74, 6) is -0.575. The Morgan fingerprint density at radius 2 is 2.18 bits per heavy atom. The van der Waals surface area contributed by atoms with E-state index in [1.807, 2.05) is 6.92 Å². The monoisotopic (exact) mass is 155 g/mol. The van der Waals surface area contributed by atoms with Gasteiger partial charge in [0.2, 0.25) is 0 Å². The van der Waals surface area contributed by atoms with E-state index in [0.717, 1.165) is 12.0 Å². The highest BCUT2D eigenvalue weighted by atomic mass is 16.6. The molecule has 0 saturated carbocycles. The van der Waals surface area contributed by atoms with Gasteiger partial charge in [0.1, 0.15) is 5.70 Å². The first-order chi connectivity index (χ1) is 5.15. The standard InChI is InChI=1S/C7H9NO3/c1-3-4(2)5-6(9)11-7(10)8-5/h3H2,1-2H3,(H,8,10)/b5-4+. The lowest BCUT2D eigenvalue weighted by Crippen LogP contribution is -2.12. The summed E-state index contributed by atoms with van der Waals surface area (Å²) < 4.78 is 4.25. The van der Waals surface area contributed by atoms with Gasteiger partial charge in [-0.25, -0.2) is 9.59 Å². The largest absolute Gasteiger partial charge is 0.419 e. The van der Waals surface area contributed by atoms with Crippen LogP contribution in [0.3, 0.4) is 0 Å². The highest BCUT2D eigenvalue weighted by Gasteiger charge is 2.27. The number of rotatable bonds is 1. The summed E-state index contributed by atoms with van der Waals surface area (Å²) in [6.07, 6.45) is 0.0443. The van der Waals surface area contributed by atoms with E-state index in [2.05, 4.69) is 10.1 Å². The zero-order valence-electron chi connectivity index (χ0n) is 6.43. The number of hydrogen-bond acceptors (Lipinski definition) is 3. The summed E-state index contributed by atoms with van der Waals surface area (Å²) >= 11 is 0. The topological polar surface area (TPSA) is 55.4 Å². The Kier molecular flexibility index (Phi) is 1.94. The van der Waals surface area contributed by atoms with Crippen molar-refractivity contribution >= 4 is 12.1 Å². The van der Waals surface area contributed by atoms with Crippen LogP contribution in [0.5, 0.6) is 0 Å². The van der Waals surface area contributed by atoms with E-state index in [0.29, 0.717) is 0 Å². The van der Waals surface area contributed by atoms with Gasteiger partial charge in [0.05, 0.1) is 0 Å². The van der Waals surface area contributed by atoms with E-state index in [1.54, 1.807) is 6.92 Å². The van der Waals surface area contributed by atoms with Crippen molar-refractivity contribution in [3.63, 3.8) is 0 Å². The molecule has 4 heteroatoms. The molecule has 0 aliphatic carbocycles. The Balaban J connectivity index is 2.90. The summed E-state index contributed by atoms with van der Waals surface area (Å²) in [5, 5.41) is 2.32. The van der Waals surface area contributed by atoms with Gasteiger partial charge in [-0.05, 0) is 18.9 Å². The molecule has 4 nitrogen and oxygen atoms in total. The van der Waals surface area contributed by atoms with Crippen LogP contribution in [-0.4, -0.2) is 12.1 Å². The van der Waals surface area contributed by atoms with Gasteiger partial charge in [0.25, 0.3) is 0 Å². The fraction of sp³-hybridized carbons (Fsp3) is 0.429. The average Bonchev–Trinajstić information content (AvgIpc) is 2.28. The zero-order chi connectivity index (χ0) is 8.43. The van der Waals surface area contributed by atoms with Gasteiger partial charge in [-0.15, -0.1) is 0 Å². The second kappa shape index (κ2) is 2.74. The molecular formula is C7H9NO3. The minimum absolute atomic E-state index is 0.289. The molecule has 1 N–H and O–H groups in total. The third kappa shape index (κ3) is 1.39.